The van der Waals surface area contributed by atoms with Crippen molar-refractivity contribution in [2.75, 3.05) is 5.75 Å². The van der Waals surface area contributed by atoms with Crippen LogP contribution in [0.3, 0.4) is 0 Å². The van der Waals surface area contributed by atoms with Crippen LogP contribution in [0, 0.1) is 0 Å². The minimum Gasteiger partial charge on any atom is -0.304 e. The van der Waals surface area contributed by atoms with Gasteiger partial charge in [0.2, 0.25) is 0 Å². The summed E-state index contributed by atoms with van der Waals surface area (Å²) in [7, 11) is 0. The van der Waals surface area contributed by atoms with Crippen molar-refractivity contribution in [3.63, 3.8) is 0 Å². The molecule has 1 aromatic heterocycles. The first-order valence-electron chi connectivity index (χ1n) is 6.39. The molecule has 1 N–H and O–H groups in total. The summed E-state index contributed by atoms with van der Waals surface area (Å²) in [6, 6.07) is 11.5. The van der Waals surface area contributed by atoms with Gasteiger partial charge in [-0.1, -0.05) is 25.1 Å². The van der Waals surface area contributed by atoms with Crippen molar-refractivity contribution in [2.24, 2.45) is 0 Å². The van der Waals surface area contributed by atoms with Crippen molar-refractivity contribution in [1.82, 2.24) is 5.32 Å². The Hall–Kier alpha value is -0.770. The number of benzene rings is 1. The molecule has 1 aromatic carbocycles. The third kappa shape index (κ3) is 2.35. The molecule has 0 spiro atoms. The van der Waals surface area contributed by atoms with E-state index in [9.17, 15) is 0 Å². The van der Waals surface area contributed by atoms with Crippen LogP contribution >= 0.6 is 23.1 Å². The van der Waals surface area contributed by atoms with E-state index in [0.717, 1.165) is 18.7 Å². The fourth-order valence-electron chi connectivity index (χ4n) is 2.38. The van der Waals surface area contributed by atoms with Crippen molar-refractivity contribution in [1.29, 1.82) is 0 Å². The summed E-state index contributed by atoms with van der Waals surface area (Å²) in [5, 5.41) is 5.91. The maximum Gasteiger partial charge on any atom is 0.0429 e. The van der Waals surface area contributed by atoms with E-state index < -0.39 is 0 Å². The molecule has 2 heterocycles. The number of fused-ring (bicyclic) bond motifs is 1. The Kier molecular flexibility index (Phi) is 3.73. The molecule has 94 valence electrons. The molecule has 0 fully saturated rings. The average Bonchev–Trinajstić information content (AvgIpc) is 3.02. The number of thiophene rings is 1. The van der Waals surface area contributed by atoms with Crippen molar-refractivity contribution in [2.45, 2.75) is 30.8 Å². The van der Waals surface area contributed by atoms with Crippen LogP contribution in [-0.2, 0) is 13.0 Å². The van der Waals surface area contributed by atoms with Gasteiger partial charge < -0.3 is 5.32 Å². The van der Waals surface area contributed by atoms with Gasteiger partial charge in [0.15, 0.2) is 0 Å². The summed E-state index contributed by atoms with van der Waals surface area (Å²) in [4.78, 5) is 2.93. The first kappa shape index (κ1) is 12.3. The van der Waals surface area contributed by atoms with Crippen molar-refractivity contribution in [3.05, 3.63) is 51.7 Å². The van der Waals surface area contributed by atoms with E-state index in [-0.39, 0.29) is 0 Å². The van der Waals surface area contributed by atoms with Crippen LogP contribution in [0.25, 0.3) is 0 Å². The van der Waals surface area contributed by atoms with Crippen LogP contribution in [0.5, 0.6) is 0 Å². The zero-order valence-electron chi connectivity index (χ0n) is 10.5. The van der Waals surface area contributed by atoms with E-state index in [1.165, 1.54) is 20.9 Å². The van der Waals surface area contributed by atoms with Crippen LogP contribution in [0.15, 0.2) is 40.6 Å². The third-order valence-corrected chi connectivity index (χ3v) is 5.57. The van der Waals surface area contributed by atoms with Crippen molar-refractivity contribution >= 4 is 23.1 Å². The highest BCUT2D eigenvalue weighted by Crippen LogP contribution is 2.37. The molecule has 0 amide bonds. The normalized spacial score (nSPS) is 17.9. The fourth-order valence-corrected chi connectivity index (χ4v) is 4.51. The molecule has 0 saturated heterocycles. The molecule has 1 aliphatic heterocycles. The van der Waals surface area contributed by atoms with Crippen LogP contribution in [0.4, 0.5) is 0 Å². The largest absolute Gasteiger partial charge is 0.304 e. The fraction of sp³-hybridized carbons (Fsp3) is 0.333. The quantitative estimate of drug-likeness (QED) is 0.895. The molecule has 2 aromatic rings. The number of aryl methyl sites for hydroxylation is 1. The van der Waals surface area contributed by atoms with Crippen LogP contribution in [-0.4, -0.2) is 5.75 Å². The molecule has 0 bridgehead atoms. The van der Waals surface area contributed by atoms with Gasteiger partial charge in [-0.15, -0.1) is 23.1 Å². The molecular weight excluding hydrogens is 258 g/mol. The topological polar surface area (TPSA) is 12.0 Å². The first-order valence-corrected chi connectivity index (χ1v) is 8.25. The predicted molar refractivity (Wildman–Crippen MR) is 80.4 cm³/mol. The Morgan fingerprint density at radius 3 is 3.06 bits per heavy atom. The Morgan fingerprint density at radius 1 is 1.28 bits per heavy atom. The van der Waals surface area contributed by atoms with Gasteiger partial charge in [0, 0.05) is 28.1 Å². The summed E-state index contributed by atoms with van der Waals surface area (Å²) in [5.41, 5.74) is 2.96. The zero-order valence-corrected chi connectivity index (χ0v) is 12.1. The second-order valence-corrected chi connectivity index (χ2v) is 6.57. The SMILES string of the molecule is CCc1ccsc1CNC1CSc2ccccc21. The Balaban J connectivity index is 1.69. The molecule has 0 saturated carbocycles. The van der Waals surface area contributed by atoms with Gasteiger partial charge in [0.1, 0.15) is 0 Å². The van der Waals surface area contributed by atoms with E-state index in [4.69, 9.17) is 0 Å². The number of rotatable bonds is 4. The Morgan fingerprint density at radius 2 is 2.17 bits per heavy atom. The predicted octanol–water partition coefficient (Wildman–Crippen LogP) is 4.25. The summed E-state index contributed by atoms with van der Waals surface area (Å²) in [5.74, 6) is 1.16. The van der Waals surface area contributed by atoms with E-state index in [0.29, 0.717) is 6.04 Å². The molecule has 1 atom stereocenters. The average molecular weight is 275 g/mol. The first-order chi connectivity index (χ1) is 8.88. The smallest absolute Gasteiger partial charge is 0.0429 e. The molecule has 0 aliphatic carbocycles. The van der Waals surface area contributed by atoms with E-state index in [1.54, 1.807) is 0 Å². The van der Waals surface area contributed by atoms with Gasteiger partial charge in [-0.3, -0.25) is 0 Å². The molecule has 3 heteroatoms. The lowest BCUT2D eigenvalue weighted by molar-refractivity contribution is 0.586. The van der Waals surface area contributed by atoms with Gasteiger partial charge >= 0.3 is 0 Å². The second kappa shape index (κ2) is 5.47. The zero-order chi connectivity index (χ0) is 12.4. The lowest BCUT2D eigenvalue weighted by Crippen LogP contribution is -2.20. The van der Waals surface area contributed by atoms with Crippen molar-refractivity contribution < 1.29 is 0 Å². The van der Waals surface area contributed by atoms with Gasteiger partial charge in [-0.2, -0.15) is 0 Å². The lowest BCUT2D eigenvalue weighted by atomic mass is 10.1. The van der Waals surface area contributed by atoms with Crippen LogP contribution in [0.2, 0.25) is 0 Å². The molecular formula is C15H17NS2. The van der Waals surface area contributed by atoms with Gasteiger partial charge in [0.25, 0.3) is 0 Å². The molecule has 1 nitrogen and oxygen atoms in total. The highest BCUT2D eigenvalue weighted by molar-refractivity contribution is 7.99. The minimum atomic E-state index is 0.512. The van der Waals surface area contributed by atoms with Gasteiger partial charge in [-0.25, -0.2) is 0 Å². The van der Waals surface area contributed by atoms with E-state index in [1.807, 2.05) is 23.1 Å². The second-order valence-electron chi connectivity index (χ2n) is 4.50. The van der Waals surface area contributed by atoms with Gasteiger partial charge in [-0.05, 0) is 35.1 Å². The number of nitrogens with one attached hydrogen (secondary N) is 1. The van der Waals surface area contributed by atoms with E-state index >= 15 is 0 Å². The summed E-state index contributed by atoms with van der Waals surface area (Å²) < 4.78 is 0. The third-order valence-electron chi connectivity index (χ3n) is 3.43. The molecule has 1 unspecified atom stereocenters. The monoisotopic (exact) mass is 275 g/mol. The number of hydrogen-bond donors (Lipinski definition) is 1. The van der Waals surface area contributed by atoms with Crippen molar-refractivity contribution in [3.8, 4) is 0 Å². The van der Waals surface area contributed by atoms with E-state index in [2.05, 4.69) is 48.0 Å². The van der Waals surface area contributed by atoms with Crippen LogP contribution < -0.4 is 5.32 Å². The van der Waals surface area contributed by atoms with Gasteiger partial charge in [0.05, 0.1) is 0 Å². The summed E-state index contributed by atoms with van der Waals surface area (Å²) in [6.45, 7) is 3.23. The standard InChI is InChI=1S/C15H17NS2/c1-2-11-7-8-17-15(11)9-16-13-10-18-14-6-4-3-5-12(13)14/h3-8,13,16H,2,9-10H2,1H3. The highest BCUT2D eigenvalue weighted by atomic mass is 32.2. The minimum absolute atomic E-state index is 0.512. The Bertz CT molecular complexity index is 533. The maximum atomic E-state index is 3.70. The summed E-state index contributed by atoms with van der Waals surface area (Å²) in [6.07, 6.45) is 1.14. The maximum absolute atomic E-state index is 3.70. The highest BCUT2D eigenvalue weighted by Gasteiger charge is 2.22. The lowest BCUT2D eigenvalue weighted by Gasteiger charge is -2.13. The number of hydrogen-bond acceptors (Lipinski definition) is 3. The molecule has 18 heavy (non-hydrogen) atoms. The summed E-state index contributed by atoms with van der Waals surface area (Å²) >= 11 is 3.83. The Labute approximate surface area is 117 Å². The molecule has 1 aliphatic rings. The number of thioether (sulfide) groups is 1. The van der Waals surface area contributed by atoms with Crippen LogP contribution in [0.1, 0.15) is 29.0 Å². The molecule has 0 radical (unpaired) electrons. The molecule has 3 rings (SSSR count).